The number of amides is 1. The molecule has 5 heteroatoms. The van der Waals surface area contributed by atoms with Crippen LogP contribution < -0.4 is 0 Å². The van der Waals surface area contributed by atoms with Crippen molar-refractivity contribution in [1.82, 2.24) is 4.90 Å². The van der Waals surface area contributed by atoms with Crippen LogP contribution in [0.3, 0.4) is 0 Å². The number of carboxylic acid groups (broad SMARTS) is 1. The Balaban J connectivity index is 2.05. The number of rotatable bonds is 7. The Kier molecular flexibility index (Phi) is 6.51. The minimum atomic E-state index is -0.819. The highest BCUT2D eigenvalue weighted by molar-refractivity contribution is 8.00. The smallest absolute Gasteiger partial charge is 0.308 e. The average molecular weight is 335 g/mol. The van der Waals surface area contributed by atoms with Gasteiger partial charge in [0.1, 0.15) is 0 Å². The fourth-order valence-electron chi connectivity index (χ4n) is 3.00. The Morgan fingerprint density at radius 2 is 2.00 bits per heavy atom. The predicted molar refractivity (Wildman–Crippen MR) is 93.7 cm³/mol. The highest BCUT2D eigenvalue weighted by Crippen LogP contribution is 2.34. The van der Waals surface area contributed by atoms with Crippen LogP contribution in [-0.2, 0) is 9.59 Å². The van der Waals surface area contributed by atoms with Crippen molar-refractivity contribution in [3.8, 4) is 0 Å². The van der Waals surface area contributed by atoms with Gasteiger partial charge in [0.25, 0.3) is 0 Å². The number of thioether (sulfide) groups is 1. The lowest BCUT2D eigenvalue weighted by molar-refractivity contribution is -0.141. The van der Waals surface area contributed by atoms with Gasteiger partial charge in [0.05, 0.1) is 11.2 Å². The van der Waals surface area contributed by atoms with E-state index in [4.69, 9.17) is 0 Å². The average Bonchev–Trinajstić information content (AvgIpc) is 3.00. The van der Waals surface area contributed by atoms with E-state index < -0.39 is 11.9 Å². The summed E-state index contributed by atoms with van der Waals surface area (Å²) >= 11 is 1.66. The summed E-state index contributed by atoms with van der Waals surface area (Å²) < 4.78 is 0. The number of aliphatic carboxylic acids is 1. The second-order valence-electron chi connectivity index (χ2n) is 6.07. The Hall–Kier alpha value is -1.49. The lowest BCUT2D eigenvalue weighted by Crippen LogP contribution is -2.35. The second-order valence-corrected chi connectivity index (χ2v) is 7.52. The quantitative estimate of drug-likeness (QED) is 0.777. The SMILES string of the molecule is CCCCSC(C)C(=O)N1CC(C(=O)O)C(c2ccccc2)C1. The van der Waals surface area contributed by atoms with Crippen LogP contribution in [0, 0.1) is 5.92 Å². The van der Waals surface area contributed by atoms with Crippen molar-refractivity contribution in [3.05, 3.63) is 35.9 Å². The second kappa shape index (κ2) is 8.39. The molecule has 1 amide bonds. The molecular weight excluding hydrogens is 310 g/mol. The van der Waals surface area contributed by atoms with Gasteiger partial charge in [-0.25, -0.2) is 0 Å². The summed E-state index contributed by atoms with van der Waals surface area (Å²) in [6.45, 7) is 4.87. The van der Waals surface area contributed by atoms with Gasteiger partial charge in [-0.2, -0.15) is 0 Å². The fraction of sp³-hybridized carbons (Fsp3) is 0.556. The van der Waals surface area contributed by atoms with E-state index in [2.05, 4.69) is 6.92 Å². The highest BCUT2D eigenvalue weighted by atomic mass is 32.2. The molecule has 1 heterocycles. The highest BCUT2D eigenvalue weighted by Gasteiger charge is 2.41. The van der Waals surface area contributed by atoms with Crippen LogP contribution in [0.5, 0.6) is 0 Å². The van der Waals surface area contributed by atoms with E-state index in [1.807, 2.05) is 37.3 Å². The molecule has 0 aliphatic carbocycles. The van der Waals surface area contributed by atoms with E-state index in [1.54, 1.807) is 16.7 Å². The summed E-state index contributed by atoms with van der Waals surface area (Å²) in [6, 6.07) is 9.66. The fourth-order valence-corrected chi connectivity index (χ4v) is 4.11. The van der Waals surface area contributed by atoms with Gasteiger partial charge in [0.2, 0.25) is 5.91 Å². The van der Waals surface area contributed by atoms with Gasteiger partial charge in [0, 0.05) is 19.0 Å². The first kappa shape index (κ1) is 17.9. The third-order valence-corrected chi connectivity index (χ3v) is 5.62. The van der Waals surface area contributed by atoms with Gasteiger partial charge in [-0.1, -0.05) is 43.7 Å². The van der Waals surface area contributed by atoms with E-state index in [1.165, 1.54) is 0 Å². The van der Waals surface area contributed by atoms with Crippen molar-refractivity contribution < 1.29 is 14.7 Å². The van der Waals surface area contributed by atoms with Crippen molar-refractivity contribution in [2.75, 3.05) is 18.8 Å². The molecular formula is C18H25NO3S. The van der Waals surface area contributed by atoms with Crippen LogP contribution in [0.1, 0.15) is 38.2 Å². The number of carbonyl (C=O) groups excluding carboxylic acids is 1. The van der Waals surface area contributed by atoms with Gasteiger partial charge >= 0.3 is 5.97 Å². The Bertz CT molecular complexity index is 534. The van der Waals surface area contributed by atoms with Crippen molar-refractivity contribution in [2.24, 2.45) is 5.92 Å². The molecule has 1 aromatic rings. The zero-order valence-corrected chi connectivity index (χ0v) is 14.6. The van der Waals surface area contributed by atoms with Crippen molar-refractivity contribution in [1.29, 1.82) is 0 Å². The van der Waals surface area contributed by atoms with E-state index in [9.17, 15) is 14.7 Å². The van der Waals surface area contributed by atoms with Crippen LogP contribution in [0.15, 0.2) is 30.3 Å². The number of hydrogen-bond acceptors (Lipinski definition) is 3. The van der Waals surface area contributed by atoms with E-state index in [-0.39, 0.29) is 17.1 Å². The maximum Gasteiger partial charge on any atom is 0.308 e. The standard InChI is InChI=1S/C18H25NO3S/c1-3-4-10-23-13(2)17(20)19-11-15(16(12-19)18(21)22)14-8-6-5-7-9-14/h5-9,13,15-16H,3-4,10-12H2,1-2H3,(H,21,22). The molecule has 1 aliphatic rings. The summed E-state index contributed by atoms with van der Waals surface area (Å²) in [4.78, 5) is 25.9. The Morgan fingerprint density at radius 1 is 1.30 bits per heavy atom. The summed E-state index contributed by atoms with van der Waals surface area (Å²) in [7, 11) is 0. The van der Waals surface area contributed by atoms with Gasteiger partial charge < -0.3 is 10.0 Å². The minimum Gasteiger partial charge on any atom is -0.481 e. The van der Waals surface area contributed by atoms with Crippen LogP contribution in [0.4, 0.5) is 0 Å². The molecule has 1 saturated heterocycles. The molecule has 1 N–H and O–H groups in total. The first-order valence-electron chi connectivity index (χ1n) is 8.22. The molecule has 2 rings (SSSR count). The molecule has 1 fully saturated rings. The van der Waals surface area contributed by atoms with Crippen LogP contribution in [0.2, 0.25) is 0 Å². The monoisotopic (exact) mass is 335 g/mol. The van der Waals surface area contributed by atoms with E-state index in [0.29, 0.717) is 13.1 Å². The Labute approximate surface area is 142 Å². The van der Waals surface area contributed by atoms with Gasteiger partial charge in [-0.3, -0.25) is 9.59 Å². The van der Waals surface area contributed by atoms with Crippen molar-refractivity contribution >= 4 is 23.6 Å². The molecule has 0 aromatic heterocycles. The number of likely N-dealkylation sites (tertiary alicyclic amines) is 1. The largest absolute Gasteiger partial charge is 0.481 e. The summed E-state index contributed by atoms with van der Waals surface area (Å²) in [5.41, 5.74) is 1.00. The third kappa shape index (κ3) is 4.50. The van der Waals surface area contributed by atoms with Gasteiger partial charge in [-0.05, 0) is 24.7 Å². The molecule has 1 aliphatic heterocycles. The molecule has 0 spiro atoms. The summed E-state index contributed by atoms with van der Waals surface area (Å²) in [6.07, 6.45) is 2.22. The lowest BCUT2D eigenvalue weighted by atomic mass is 9.89. The van der Waals surface area contributed by atoms with Crippen molar-refractivity contribution in [2.45, 2.75) is 37.9 Å². The molecule has 0 bridgehead atoms. The maximum absolute atomic E-state index is 12.6. The topological polar surface area (TPSA) is 57.6 Å². The molecule has 0 radical (unpaired) electrons. The maximum atomic E-state index is 12.6. The molecule has 1 aromatic carbocycles. The zero-order chi connectivity index (χ0) is 16.8. The van der Waals surface area contributed by atoms with Gasteiger partial charge in [0.15, 0.2) is 0 Å². The van der Waals surface area contributed by atoms with E-state index in [0.717, 1.165) is 24.2 Å². The number of carbonyl (C=O) groups is 2. The number of unbranched alkanes of at least 4 members (excludes halogenated alkanes) is 1. The number of benzene rings is 1. The summed E-state index contributed by atoms with van der Waals surface area (Å²) in [5, 5.41) is 9.41. The zero-order valence-electron chi connectivity index (χ0n) is 13.8. The lowest BCUT2D eigenvalue weighted by Gasteiger charge is -2.20. The summed E-state index contributed by atoms with van der Waals surface area (Å²) in [5.74, 6) is -0.419. The Morgan fingerprint density at radius 3 is 2.61 bits per heavy atom. The molecule has 0 saturated carbocycles. The van der Waals surface area contributed by atoms with Crippen molar-refractivity contribution in [3.63, 3.8) is 0 Å². The molecule has 23 heavy (non-hydrogen) atoms. The first-order chi connectivity index (χ1) is 11.0. The first-order valence-corrected chi connectivity index (χ1v) is 9.27. The number of nitrogens with zero attached hydrogens (tertiary/aromatic N) is 1. The normalized spacial score (nSPS) is 22.1. The molecule has 126 valence electrons. The van der Waals surface area contributed by atoms with Crippen LogP contribution in [-0.4, -0.2) is 46.0 Å². The molecule has 3 unspecified atom stereocenters. The van der Waals surface area contributed by atoms with Crippen LogP contribution >= 0.6 is 11.8 Å². The van der Waals surface area contributed by atoms with Gasteiger partial charge in [-0.15, -0.1) is 11.8 Å². The molecule has 3 atom stereocenters. The predicted octanol–water partition coefficient (Wildman–Crippen LogP) is 3.24. The number of hydrogen-bond donors (Lipinski definition) is 1. The number of carboxylic acids is 1. The van der Waals surface area contributed by atoms with E-state index >= 15 is 0 Å². The minimum absolute atomic E-state index is 0.0655. The molecule has 4 nitrogen and oxygen atoms in total. The third-order valence-electron chi connectivity index (χ3n) is 4.39. The van der Waals surface area contributed by atoms with Crippen LogP contribution in [0.25, 0.3) is 0 Å².